The van der Waals surface area contributed by atoms with Gasteiger partial charge in [0.15, 0.2) is 6.10 Å². The summed E-state index contributed by atoms with van der Waals surface area (Å²) in [5.74, 6) is -0.849. The maximum Gasteiger partial charge on any atom is 0.334 e. The number of hydrogen-bond acceptors (Lipinski definition) is 4. The van der Waals surface area contributed by atoms with Crippen molar-refractivity contribution in [3.8, 4) is 0 Å². The predicted octanol–water partition coefficient (Wildman–Crippen LogP) is 0.561. The summed E-state index contributed by atoms with van der Waals surface area (Å²) in [7, 11) is 0. The number of likely N-dealkylation sites (tertiary alicyclic amines) is 1. The zero-order valence-electron chi connectivity index (χ0n) is 12.2. The van der Waals surface area contributed by atoms with Crippen LogP contribution < -0.4 is 0 Å². The lowest BCUT2D eigenvalue weighted by atomic mass is 9.97. The number of rotatable bonds is 3. The molecule has 0 spiro atoms. The van der Waals surface area contributed by atoms with Crippen molar-refractivity contribution in [1.29, 1.82) is 0 Å². The molecule has 2 saturated heterocycles. The van der Waals surface area contributed by atoms with Gasteiger partial charge in [0.05, 0.1) is 13.2 Å². The minimum Gasteiger partial charge on any atom is -0.479 e. The molecule has 0 aliphatic carbocycles. The van der Waals surface area contributed by atoms with E-state index in [1.165, 1.54) is 6.42 Å². The quantitative estimate of drug-likeness (QED) is 0.820. The third-order valence-corrected chi connectivity index (χ3v) is 4.27. The summed E-state index contributed by atoms with van der Waals surface area (Å²) in [6, 6.07) is 0.560. The molecule has 1 N–H and O–H groups in total. The van der Waals surface area contributed by atoms with E-state index in [2.05, 4.69) is 13.8 Å². The number of carboxylic acid groups (broad SMARTS) is 1. The van der Waals surface area contributed by atoms with Crippen LogP contribution in [-0.4, -0.2) is 71.2 Å². The Bertz CT molecular complexity index is 364. The Labute approximate surface area is 119 Å². The van der Waals surface area contributed by atoms with Crippen molar-refractivity contribution < 1.29 is 19.4 Å². The molecule has 0 radical (unpaired) electrons. The van der Waals surface area contributed by atoms with Gasteiger partial charge in [-0.2, -0.15) is 0 Å². The molecule has 0 aromatic heterocycles. The molecule has 6 heteroatoms. The van der Waals surface area contributed by atoms with E-state index in [9.17, 15) is 9.59 Å². The van der Waals surface area contributed by atoms with Gasteiger partial charge in [0.1, 0.15) is 0 Å². The molecule has 0 aromatic rings. The first-order chi connectivity index (χ1) is 9.49. The van der Waals surface area contributed by atoms with E-state index in [0.717, 1.165) is 12.8 Å². The van der Waals surface area contributed by atoms with Gasteiger partial charge >= 0.3 is 5.97 Å². The molecule has 2 heterocycles. The number of carbonyl (C=O) groups excluding carboxylic acids is 1. The molecule has 1 amide bonds. The number of carboxylic acids is 1. The van der Waals surface area contributed by atoms with Crippen LogP contribution >= 0.6 is 0 Å². The van der Waals surface area contributed by atoms with Crippen LogP contribution in [0.4, 0.5) is 0 Å². The highest BCUT2D eigenvalue weighted by molar-refractivity contribution is 5.79. The Morgan fingerprint density at radius 3 is 2.50 bits per heavy atom. The third-order valence-electron chi connectivity index (χ3n) is 4.27. The van der Waals surface area contributed by atoms with Gasteiger partial charge in [0, 0.05) is 25.2 Å². The number of ether oxygens (including phenoxy) is 1. The number of morpholine rings is 1. The van der Waals surface area contributed by atoms with Crippen LogP contribution in [0.5, 0.6) is 0 Å². The van der Waals surface area contributed by atoms with Crippen molar-refractivity contribution >= 4 is 11.9 Å². The summed E-state index contributed by atoms with van der Waals surface area (Å²) in [5.41, 5.74) is 0. The second-order valence-corrected chi connectivity index (χ2v) is 5.86. The van der Waals surface area contributed by atoms with Crippen LogP contribution in [0.15, 0.2) is 0 Å². The number of carbonyl (C=O) groups is 2. The highest BCUT2D eigenvalue weighted by Crippen LogP contribution is 2.22. The summed E-state index contributed by atoms with van der Waals surface area (Å²) in [5, 5.41) is 8.98. The third kappa shape index (κ3) is 3.49. The number of amides is 1. The maximum atomic E-state index is 12.5. The minimum absolute atomic E-state index is 0.107. The summed E-state index contributed by atoms with van der Waals surface area (Å²) in [6.45, 7) is 5.75. The monoisotopic (exact) mass is 284 g/mol. The SMILES string of the molecule is CC1CCCC(C)N1C(=O)CN1CCOC(C(=O)O)C1. The van der Waals surface area contributed by atoms with E-state index in [1.807, 2.05) is 9.80 Å². The zero-order valence-corrected chi connectivity index (χ0v) is 12.2. The Balaban J connectivity index is 1.91. The fourth-order valence-electron chi connectivity index (χ4n) is 3.18. The van der Waals surface area contributed by atoms with Crippen molar-refractivity contribution in [2.24, 2.45) is 0 Å². The minimum atomic E-state index is -0.957. The number of nitrogens with zero attached hydrogens (tertiary/aromatic N) is 2. The zero-order chi connectivity index (χ0) is 14.7. The fourth-order valence-corrected chi connectivity index (χ4v) is 3.18. The molecule has 2 aliphatic heterocycles. The molecule has 2 aliphatic rings. The highest BCUT2D eigenvalue weighted by atomic mass is 16.5. The van der Waals surface area contributed by atoms with Gasteiger partial charge in [0.25, 0.3) is 0 Å². The van der Waals surface area contributed by atoms with Crippen molar-refractivity contribution in [2.45, 2.75) is 51.3 Å². The van der Waals surface area contributed by atoms with E-state index >= 15 is 0 Å². The molecule has 6 nitrogen and oxygen atoms in total. The second-order valence-electron chi connectivity index (χ2n) is 5.86. The summed E-state index contributed by atoms with van der Waals surface area (Å²) in [4.78, 5) is 27.3. The van der Waals surface area contributed by atoms with Gasteiger partial charge in [-0.3, -0.25) is 9.69 Å². The summed E-state index contributed by atoms with van der Waals surface area (Å²) >= 11 is 0. The molecule has 20 heavy (non-hydrogen) atoms. The molecule has 114 valence electrons. The van der Waals surface area contributed by atoms with E-state index in [0.29, 0.717) is 19.7 Å². The summed E-state index contributed by atoms with van der Waals surface area (Å²) < 4.78 is 5.17. The smallest absolute Gasteiger partial charge is 0.334 e. The lowest BCUT2D eigenvalue weighted by molar-refractivity contribution is -0.158. The Morgan fingerprint density at radius 1 is 1.25 bits per heavy atom. The fraction of sp³-hybridized carbons (Fsp3) is 0.857. The number of aliphatic carboxylic acids is 1. The molecule has 0 aromatic carbocycles. The van der Waals surface area contributed by atoms with Gasteiger partial charge < -0.3 is 14.7 Å². The van der Waals surface area contributed by atoms with Gasteiger partial charge in [-0.1, -0.05) is 0 Å². The molecular weight excluding hydrogens is 260 g/mol. The molecule has 0 saturated carbocycles. The van der Waals surface area contributed by atoms with Gasteiger partial charge in [-0.25, -0.2) is 4.79 Å². The average Bonchev–Trinajstić information content (AvgIpc) is 2.38. The van der Waals surface area contributed by atoms with E-state index in [-0.39, 0.29) is 24.5 Å². The van der Waals surface area contributed by atoms with Crippen LogP contribution in [0.25, 0.3) is 0 Å². The van der Waals surface area contributed by atoms with Crippen molar-refractivity contribution in [3.63, 3.8) is 0 Å². The predicted molar refractivity (Wildman–Crippen MR) is 73.4 cm³/mol. The lowest BCUT2D eigenvalue weighted by Gasteiger charge is -2.40. The first-order valence-electron chi connectivity index (χ1n) is 7.37. The Morgan fingerprint density at radius 2 is 1.90 bits per heavy atom. The van der Waals surface area contributed by atoms with Crippen molar-refractivity contribution in [2.75, 3.05) is 26.2 Å². The van der Waals surface area contributed by atoms with Crippen molar-refractivity contribution in [3.05, 3.63) is 0 Å². The molecular formula is C14H24N2O4. The first kappa shape index (κ1) is 15.3. The molecule has 2 rings (SSSR count). The molecule has 3 unspecified atom stereocenters. The Hall–Kier alpha value is -1.14. The molecule has 3 atom stereocenters. The van der Waals surface area contributed by atoms with Crippen LogP contribution in [0, 0.1) is 0 Å². The van der Waals surface area contributed by atoms with Gasteiger partial charge in [-0.15, -0.1) is 0 Å². The number of hydrogen-bond donors (Lipinski definition) is 1. The number of piperidine rings is 1. The van der Waals surface area contributed by atoms with Crippen molar-refractivity contribution in [1.82, 2.24) is 9.80 Å². The highest BCUT2D eigenvalue weighted by Gasteiger charge is 2.32. The van der Waals surface area contributed by atoms with Gasteiger partial charge in [-0.05, 0) is 33.1 Å². The second kappa shape index (κ2) is 6.54. The van der Waals surface area contributed by atoms with Crippen LogP contribution in [0.1, 0.15) is 33.1 Å². The standard InChI is InChI=1S/C14H24N2O4/c1-10-4-3-5-11(2)16(10)13(17)9-15-6-7-20-12(8-15)14(18)19/h10-12H,3-9H2,1-2H3,(H,18,19). The Kier molecular flexibility index (Phi) is 4.99. The first-order valence-corrected chi connectivity index (χ1v) is 7.37. The maximum absolute atomic E-state index is 12.5. The van der Waals surface area contributed by atoms with E-state index < -0.39 is 12.1 Å². The van der Waals surface area contributed by atoms with E-state index in [4.69, 9.17) is 9.84 Å². The lowest BCUT2D eigenvalue weighted by Crippen LogP contribution is -2.54. The molecule has 0 bridgehead atoms. The van der Waals surface area contributed by atoms with Gasteiger partial charge in [0.2, 0.25) is 5.91 Å². The normalized spacial score (nSPS) is 32.1. The van der Waals surface area contributed by atoms with Crippen LogP contribution in [0.3, 0.4) is 0 Å². The van der Waals surface area contributed by atoms with Crippen LogP contribution in [-0.2, 0) is 14.3 Å². The molecule has 2 fully saturated rings. The topological polar surface area (TPSA) is 70.1 Å². The van der Waals surface area contributed by atoms with Crippen LogP contribution in [0.2, 0.25) is 0 Å². The summed E-state index contributed by atoms with van der Waals surface area (Å²) in [6.07, 6.45) is 2.46. The van der Waals surface area contributed by atoms with E-state index in [1.54, 1.807) is 0 Å². The largest absolute Gasteiger partial charge is 0.479 e. The average molecular weight is 284 g/mol.